The molecule has 1 aromatic heterocycles. The molecule has 0 spiro atoms. The third kappa shape index (κ3) is 1.59. The second-order valence-electron chi connectivity index (χ2n) is 4.64. The van der Waals surface area contributed by atoms with Crippen LogP contribution < -0.4 is 0 Å². The molecule has 2 unspecified atom stereocenters. The number of likely N-dealkylation sites (tertiary alicyclic amines) is 1. The highest BCUT2D eigenvalue weighted by Gasteiger charge is 2.40. The van der Waals surface area contributed by atoms with Crippen LogP contribution in [0.4, 0.5) is 0 Å². The zero-order valence-electron chi connectivity index (χ0n) is 8.90. The fraction of sp³-hybridized carbons (Fsp3) is 0.500. The summed E-state index contributed by atoms with van der Waals surface area (Å²) < 4.78 is 0. The molecule has 0 radical (unpaired) electrons. The first-order valence-electron chi connectivity index (χ1n) is 5.67. The molecule has 1 saturated carbocycles. The topological polar surface area (TPSA) is 33.2 Å². The van der Waals surface area contributed by atoms with Crippen molar-refractivity contribution in [1.29, 1.82) is 0 Å². The third-order valence-electron chi connectivity index (χ3n) is 3.60. The van der Waals surface area contributed by atoms with Crippen molar-refractivity contribution in [1.82, 2.24) is 9.88 Å². The van der Waals surface area contributed by atoms with Gasteiger partial charge < -0.3 is 4.90 Å². The summed E-state index contributed by atoms with van der Waals surface area (Å²) in [6.07, 6.45) is 3.60. The Morgan fingerprint density at radius 1 is 1.44 bits per heavy atom. The van der Waals surface area contributed by atoms with Crippen LogP contribution in [0.2, 0.25) is 5.15 Å². The first-order chi connectivity index (χ1) is 7.74. The number of hydrogen-bond donors (Lipinski definition) is 0. The van der Waals surface area contributed by atoms with Crippen LogP contribution in [0, 0.1) is 5.92 Å². The molecule has 84 valence electrons. The molecule has 4 heteroatoms. The van der Waals surface area contributed by atoms with Crippen LogP contribution in [0.1, 0.15) is 29.8 Å². The highest BCUT2D eigenvalue weighted by atomic mass is 35.5. The van der Waals surface area contributed by atoms with Crippen LogP contribution in [0.25, 0.3) is 0 Å². The van der Waals surface area contributed by atoms with E-state index in [9.17, 15) is 4.79 Å². The molecule has 0 aromatic carbocycles. The molecule has 3 nitrogen and oxygen atoms in total. The van der Waals surface area contributed by atoms with Crippen molar-refractivity contribution in [3.8, 4) is 0 Å². The van der Waals surface area contributed by atoms with Gasteiger partial charge in [-0.3, -0.25) is 4.79 Å². The van der Waals surface area contributed by atoms with E-state index in [0.29, 0.717) is 22.8 Å². The Kier molecular flexibility index (Phi) is 2.36. The number of aromatic nitrogens is 1. The molecule has 0 N–H and O–H groups in total. The van der Waals surface area contributed by atoms with Gasteiger partial charge in [0, 0.05) is 12.6 Å². The molecular weight excluding hydrogens is 224 g/mol. The van der Waals surface area contributed by atoms with Gasteiger partial charge in [-0.05, 0) is 37.3 Å². The molecule has 2 heterocycles. The SMILES string of the molecule is O=C(c1cccc(Cl)n1)N1CC2CCC1C2. The smallest absolute Gasteiger partial charge is 0.272 e. The van der Waals surface area contributed by atoms with Gasteiger partial charge >= 0.3 is 0 Å². The van der Waals surface area contributed by atoms with Crippen LogP contribution in [-0.4, -0.2) is 28.4 Å². The fourth-order valence-corrected chi connectivity index (χ4v) is 3.01. The molecule has 3 rings (SSSR count). The lowest BCUT2D eigenvalue weighted by molar-refractivity contribution is 0.0697. The average molecular weight is 237 g/mol. The van der Waals surface area contributed by atoms with Crippen molar-refractivity contribution in [2.75, 3.05) is 6.54 Å². The van der Waals surface area contributed by atoms with Crippen molar-refractivity contribution in [2.45, 2.75) is 25.3 Å². The number of nitrogens with zero attached hydrogens (tertiary/aromatic N) is 2. The van der Waals surface area contributed by atoms with Gasteiger partial charge in [-0.15, -0.1) is 0 Å². The van der Waals surface area contributed by atoms with Gasteiger partial charge in [0.05, 0.1) is 0 Å². The minimum Gasteiger partial charge on any atom is -0.334 e. The molecule has 1 aliphatic heterocycles. The Balaban J connectivity index is 1.83. The molecule has 1 aliphatic carbocycles. The molecule has 1 saturated heterocycles. The fourth-order valence-electron chi connectivity index (χ4n) is 2.85. The largest absolute Gasteiger partial charge is 0.334 e. The van der Waals surface area contributed by atoms with Gasteiger partial charge in [-0.2, -0.15) is 0 Å². The summed E-state index contributed by atoms with van der Waals surface area (Å²) >= 11 is 5.79. The van der Waals surface area contributed by atoms with E-state index in [4.69, 9.17) is 11.6 Å². The number of amides is 1. The Morgan fingerprint density at radius 2 is 2.31 bits per heavy atom. The van der Waals surface area contributed by atoms with E-state index in [1.165, 1.54) is 12.8 Å². The molecule has 1 aromatic rings. The molecule has 2 atom stereocenters. The maximum absolute atomic E-state index is 12.2. The summed E-state index contributed by atoms with van der Waals surface area (Å²) in [5, 5.41) is 0.384. The number of piperidine rings is 1. The molecule has 1 amide bonds. The standard InChI is InChI=1S/C12H13ClN2O/c13-11-3-1-2-10(14-11)12(16)15-7-8-4-5-9(15)6-8/h1-3,8-9H,4-7H2. The van der Waals surface area contributed by atoms with E-state index >= 15 is 0 Å². The highest BCUT2D eigenvalue weighted by molar-refractivity contribution is 6.29. The second-order valence-corrected chi connectivity index (χ2v) is 5.02. The summed E-state index contributed by atoms with van der Waals surface area (Å²) in [4.78, 5) is 18.2. The quantitative estimate of drug-likeness (QED) is 0.702. The van der Waals surface area contributed by atoms with Crippen molar-refractivity contribution in [2.24, 2.45) is 5.92 Å². The molecular formula is C12H13ClN2O. The predicted molar refractivity (Wildman–Crippen MR) is 61.4 cm³/mol. The number of rotatable bonds is 1. The lowest BCUT2D eigenvalue weighted by Crippen LogP contribution is -2.38. The van der Waals surface area contributed by atoms with Gasteiger partial charge in [0.15, 0.2) is 0 Å². The van der Waals surface area contributed by atoms with Gasteiger partial charge in [0.2, 0.25) is 0 Å². The minimum absolute atomic E-state index is 0.0368. The summed E-state index contributed by atoms with van der Waals surface area (Å²) in [6.45, 7) is 0.900. The lowest BCUT2D eigenvalue weighted by Gasteiger charge is -2.26. The number of carbonyl (C=O) groups excluding carboxylic acids is 1. The first kappa shape index (κ1) is 10.1. The summed E-state index contributed by atoms with van der Waals surface area (Å²) in [5.41, 5.74) is 0.472. The van der Waals surface area contributed by atoms with E-state index in [0.717, 1.165) is 13.0 Å². The van der Waals surface area contributed by atoms with Gasteiger partial charge in [-0.25, -0.2) is 4.98 Å². The normalized spacial score (nSPS) is 27.4. The van der Waals surface area contributed by atoms with Crippen LogP contribution in [0.3, 0.4) is 0 Å². The van der Waals surface area contributed by atoms with Crippen molar-refractivity contribution in [3.05, 3.63) is 29.0 Å². The molecule has 2 bridgehead atoms. The van der Waals surface area contributed by atoms with Crippen LogP contribution in [0.15, 0.2) is 18.2 Å². The van der Waals surface area contributed by atoms with E-state index in [1.54, 1.807) is 18.2 Å². The Bertz CT molecular complexity index is 435. The molecule has 16 heavy (non-hydrogen) atoms. The van der Waals surface area contributed by atoms with Crippen molar-refractivity contribution < 1.29 is 4.79 Å². The zero-order chi connectivity index (χ0) is 11.1. The van der Waals surface area contributed by atoms with Crippen molar-refractivity contribution >= 4 is 17.5 Å². The third-order valence-corrected chi connectivity index (χ3v) is 3.81. The Hall–Kier alpha value is -1.09. The first-order valence-corrected chi connectivity index (χ1v) is 6.05. The van der Waals surface area contributed by atoms with E-state index in [-0.39, 0.29) is 5.91 Å². The van der Waals surface area contributed by atoms with Crippen LogP contribution >= 0.6 is 11.6 Å². The van der Waals surface area contributed by atoms with E-state index < -0.39 is 0 Å². The summed E-state index contributed by atoms with van der Waals surface area (Å²) in [6, 6.07) is 5.64. The summed E-state index contributed by atoms with van der Waals surface area (Å²) in [7, 11) is 0. The van der Waals surface area contributed by atoms with Gasteiger partial charge in [0.1, 0.15) is 10.8 Å². The number of pyridine rings is 1. The zero-order valence-corrected chi connectivity index (χ0v) is 9.65. The average Bonchev–Trinajstić information content (AvgIpc) is 2.89. The number of halogens is 1. The number of carbonyl (C=O) groups is 1. The van der Waals surface area contributed by atoms with E-state index in [2.05, 4.69) is 4.98 Å². The number of fused-ring (bicyclic) bond motifs is 2. The molecule has 2 fully saturated rings. The Labute approximate surface area is 99.4 Å². The molecule has 2 aliphatic rings. The van der Waals surface area contributed by atoms with Gasteiger partial charge in [-0.1, -0.05) is 17.7 Å². The Morgan fingerprint density at radius 3 is 2.94 bits per heavy atom. The maximum atomic E-state index is 12.2. The van der Waals surface area contributed by atoms with Crippen LogP contribution in [-0.2, 0) is 0 Å². The maximum Gasteiger partial charge on any atom is 0.272 e. The van der Waals surface area contributed by atoms with E-state index in [1.807, 2.05) is 4.90 Å². The second kappa shape index (κ2) is 3.74. The monoisotopic (exact) mass is 236 g/mol. The highest BCUT2D eigenvalue weighted by Crippen LogP contribution is 2.37. The van der Waals surface area contributed by atoms with Crippen LogP contribution in [0.5, 0.6) is 0 Å². The van der Waals surface area contributed by atoms with Gasteiger partial charge in [0.25, 0.3) is 5.91 Å². The lowest BCUT2D eigenvalue weighted by atomic mass is 10.1. The van der Waals surface area contributed by atoms with Crippen molar-refractivity contribution in [3.63, 3.8) is 0 Å². The predicted octanol–water partition coefficient (Wildman–Crippen LogP) is 2.36. The number of hydrogen-bond acceptors (Lipinski definition) is 2. The summed E-state index contributed by atoms with van der Waals surface area (Å²) in [5.74, 6) is 0.753. The minimum atomic E-state index is 0.0368.